The minimum atomic E-state index is -0.481. The molecule has 0 atom stereocenters. The molecule has 8 heteroatoms. The van der Waals surface area contributed by atoms with E-state index in [0.29, 0.717) is 22.4 Å². The Hall–Kier alpha value is -3.13. The van der Waals surface area contributed by atoms with Crippen molar-refractivity contribution in [2.24, 2.45) is 0 Å². The first-order chi connectivity index (χ1) is 13.2. The lowest BCUT2D eigenvalue weighted by Crippen LogP contribution is -2.17. The average molecular weight is 383 g/mol. The highest BCUT2D eigenvalue weighted by Gasteiger charge is 2.15. The molecule has 1 N–H and O–H groups in total. The van der Waals surface area contributed by atoms with E-state index < -0.39 is 5.97 Å². The van der Waals surface area contributed by atoms with Crippen LogP contribution in [0.3, 0.4) is 0 Å². The number of benzene rings is 2. The Balaban J connectivity index is 1.60. The molecular weight excluding hydrogens is 366 g/mol. The van der Waals surface area contributed by atoms with Crippen molar-refractivity contribution in [3.05, 3.63) is 60.2 Å². The van der Waals surface area contributed by atoms with Crippen LogP contribution in [0, 0.1) is 0 Å². The number of thioether (sulfide) groups is 1. The van der Waals surface area contributed by atoms with Crippen molar-refractivity contribution in [1.29, 1.82) is 0 Å². The molecule has 2 aromatic carbocycles. The van der Waals surface area contributed by atoms with Gasteiger partial charge in [0.25, 0.3) is 5.22 Å². The van der Waals surface area contributed by atoms with Gasteiger partial charge < -0.3 is 14.5 Å². The molecule has 3 aromatic rings. The van der Waals surface area contributed by atoms with Gasteiger partial charge in [0.1, 0.15) is 0 Å². The third-order valence-electron chi connectivity index (χ3n) is 3.45. The van der Waals surface area contributed by atoms with Crippen LogP contribution in [0.15, 0.2) is 64.2 Å². The summed E-state index contributed by atoms with van der Waals surface area (Å²) in [4.78, 5) is 24.2. The number of rotatable bonds is 7. The fourth-order valence-electron chi connectivity index (χ4n) is 2.26. The highest BCUT2D eigenvalue weighted by atomic mass is 32.2. The first kappa shape index (κ1) is 18.7. The predicted molar refractivity (Wildman–Crippen MR) is 101 cm³/mol. The summed E-state index contributed by atoms with van der Waals surface area (Å²) >= 11 is 1.12. The van der Waals surface area contributed by atoms with Gasteiger partial charge in [-0.15, -0.1) is 10.2 Å². The van der Waals surface area contributed by atoms with Crippen molar-refractivity contribution >= 4 is 29.3 Å². The van der Waals surface area contributed by atoms with E-state index in [-0.39, 0.29) is 18.3 Å². The molecule has 0 saturated carbocycles. The van der Waals surface area contributed by atoms with Gasteiger partial charge in [0.15, 0.2) is 0 Å². The molecule has 0 aliphatic rings. The summed E-state index contributed by atoms with van der Waals surface area (Å²) in [5.74, 6) is -0.319. The smallest absolute Gasteiger partial charge is 0.340 e. The lowest BCUT2D eigenvalue weighted by molar-refractivity contribution is -0.113. The van der Waals surface area contributed by atoms with E-state index in [0.717, 1.165) is 17.3 Å². The van der Waals surface area contributed by atoms with E-state index in [4.69, 9.17) is 9.15 Å². The summed E-state index contributed by atoms with van der Waals surface area (Å²) in [5.41, 5.74) is 1.52. The minimum Gasteiger partial charge on any atom is -0.462 e. The fraction of sp³-hybridized carbons (Fsp3) is 0.158. The number of anilines is 1. The predicted octanol–water partition coefficient (Wildman–Crippen LogP) is 3.64. The van der Waals surface area contributed by atoms with Crippen molar-refractivity contribution in [1.82, 2.24) is 10.2 Å². The van der Waals surface area contributed by atoms with Gasteiger partial charge in [-0.25, -0.2) is 4.79 Å². The van der Waals surface area contributed by atoms with Crippen LogP contribution in [-0.4, -0.2) is 34.4 Å². The third kappa shape index (κ3) is 4.95. The van der Waals surface area contributed by atoms with E-state index in [9.17, 15) is 9.59 Å². The molecule has 1 amide bonds. The lowest BCUT2D eigenvalue weighted by Gasteiger charge is -2.09. The second-order valence-corrected chi connectivity index (χ2v) is 6.27. The maximum absolute atomic E-state index is 12.2. The maximum Gasteiger partial charge on any atom is 0.340 e. The molecule has 0 unspecified atom stereocenters. The summed E-state index contributed by atoms with van der Waals surface area (Å²) in [6.07, 6.45) is 0. The first-order valence-corrected chi connectivity index (χ1v) is 9.23. The van der Waals surface area contributed by atoms with Crippen LogP contribution < -0.4 is 5.32 Å². The highest BCUT2D eigenvalue weighted by molar-refractivity contribution is 7.99. The van der Waals surface area contributed by atoms with Crippen LogP contribution in [0.5, 0.6) is 0 Å². The van der Waals surface area contributed by atoms with Crippen molar-refractivity contribution in [3.8, 4) is 11.5 Å². The Morgan fingerprint density at radius 3 is 2.59 bits per heavy atom. The Bertz CT molecular complexity index is 927. The number of carbonyl (C=O) groups is 2. The van der Waals surface area contributed by atoms with E-state index >= 15 is 0 Å². The Morgan fingerprint density at radius 1 is 1.07 bits per heavy atom. The van der Waals surface area contributed by atoms with E-state index in [1.165, 1.54) is 0 Å². The Kier molecular flexibility index (Phi) is 6.22. The van der Waals surface area contributed by atoms with Gasteiger partial charge >= 0.3 is 5.97 Å². The monoisotopic (exact) mass is 383 g/mol. The zero-order valence-corrected chi connectivity index (χ0v) is 15.4. The Labute approximate surface area is 160 Å². The van der Waals surface area contributed by atoms with Gasteiger partial charge in [0.05, 0.1) is 23.6 Å². The molecule has 0 aliphatic heterocycles. The average Bonchev–Trinajstić information content (AvgIpc) is 3.17. The van der Waals surface area contributed by atoms with Crippen LogP contribution in [0.25, 0.3) is 11.5 Å². The number of aromatic nitrogens is 2. The molecule has 1 aromatic heterocycles. The van der Waals surface area contributed by atoms with Crippen molar-refractivity contribution in [2.75, 3.05) is 17.7 Å². The quantitative estimate of drug-likeness (QED) is 0.491. The normalized spacial score (nSPS) is 10.4. The summed E-state index contributed by atoms with van der Waals surface area (Å²) in [6.45, 7) is 1.99. The number of hydrogen-bond donors (Lipinski definition) is 1. The molecule has 0 radical (unpaired) electrons. The van der Waals surface area contributed by atoms with E-state index in [1.54, 1.807) is 31.2 Å². The molecule has 0 bridgehead atoms. The molecular formula is C19H17N3O4S. The zero-order valence-electron chi connectivity index (χ0n) is 14.5. The van der Waals surface area contributed by atoms with Gasteiger partial charge in [-0.2, -0.15) is 0 Å². The zero-order chi connectivity index (χ0) is 19.1. The van der Waals surface area contributed by atoms with Crippen LogP contribution in [-0.2, 0) is 9.53 Å². The fourth-order valence-corrected chi connectivity index (χ4v) is 2.82. The highest BCUT2D eigenvalue weighted by Crippen LogP contribution is 2.23. The second kappa shape index (κ2) is 9.00. The van der Waals surface area contributed by atoms with Gasteiger partial charge in [0.2, 0.25) is 11.8 Å². The number of hydrogen-bond acceptors (Lipinski definition) is 7. The van der Waals surface area contributed by atoms with Gasteiger partial charge in [-0.05, 0) is 31.2 Å². The number of carbonyl (C=O) groups excluding carboxylic acids is 2. The lowest BCUT2D eigenvalue weighted by atomic mass is 10.2. The molecule has 1 heterocycles. The summed E-state index contributed by atoms with van der Waals surface area (Å²) in [5, 5.41) is 10.9. The number of nitrogens with one attached hydrogen (secondary N) is 1. The van der Waals surface area contributed by atoms with Crippen LogP contribution >= 0.6 is 11.8 Å². The van der Waals surface area contributed by atoms with Crippen molar-refractivity contribution in [2.45, 2.75) is 12.1 Å². The van der Waals surface area contributed by atoms with Crippen LogP contribution in [0.2, 0.25) is 0 Å². The second-order valence-electron chi connectivity index (χ2n) is 5.34. The van der Waals surface area contributed by atoms with Crippen molar-refractivity contribution in [3.63, 3.8) is 0 Å². The van der Waals surface area contributed by atoms with Crippen LogP contribution in [0.4, 0.5) is 5.69 Å². The topological polar surface area (TPSA) is 94.3 Å². The SMILES string of the molecule is CCOC(=O)c1ccccc1NC(=O)CSc1nnc(-c2ccccc2)o1. The number of amides is 1. The van der Waals surface area contributed by atoms with E-state index in [2.05, 4.69) is 15.5 Å². The molecule has 0 fully saturated rings. The first-order valence-electron chi connectivity index (χ1n) is 8.25. The minimum absolute atomic E-state index is 0.0631. The molecule has 27 heavy (non-hydrogen) atoms. The molecule has 7 nitrogen and oxygen atoms in total. The standard InChI is InChI=1S/C19H17N3O4S/c1-2-25-18(24)14-10-6-7-11-15(14)20-16(23)12-27-19-22-21-17(26-19)13-8-4-3-5-9-13/h3-11H,2,12H2,1H3,(H,20,23). The molecule has 0 saturated heterocycles. The Morgan fingerprint density at radius 2 is 1.81 bits per heavy atom. The van der Waals surface area contributed by atoms with Gasteiger partial charge in [0, 0.05) is 5.56 Å². The summed E-state index contributed by atoms with van der Waals surface area (Å²) in [6, 6.07) is 16.1. The van der Waals surface area contributed by atoms with Crippen molar-refractivity contribution < 1.29 is 18.7 Å². The third-order valence-corrected chi connectivity index (χ3v) is 4.27. The molecule has 0 spiro atoms. The number of ether oxygens (including phenoxy) is 1. The number of esters is 1. The number of nitrogens with zero attached hydrogens (tertiary/aromatic N) is 2. The van der Waals surface area contributed by atoms with Gasteiger partial charge in [-0.3, -0.25) is 4.79 Å². The molecule has 0 aliphatic carbocycles. The summed E-state index contributed by atoms with van der Waals surface area (Å²) < 4.78 is 10.5. The van der Waals surface area contributed by atoms with E-state index in [1.807, 2.05) is 30.3 Å². The number of para-hydroxylation sites is 1. The van der Waals surface area contributed by atoms with Gasteiger partial charge in [-0.1, -0.05) is 42.1 Å². The largest absolute Gasteiger partial charge is 0.462 e. The maximum atomic E-state index is 12.2. The molecule has 138 valence electrons. The summed E-state index contributed by atoms with van der Waals surface area (Å²) in [7, 11) is 0. The molecule has 3 rings (SSSR count). The van der Waals surface area contributed by atoms with Crippen LogP contribution in [0.1, 0.15) is 17.3 Å².